The molecule has 0 aliphatic heterocycles. The van der Waals surface area contributed by atoms with E-state index < -0.39 is 0 Å². The molecule has 0 saturated heterocycles. The van der Waals surface area contributed by atoms with E-state index >= 15 is 0 Å². The van der Waals surface area contributed by atoms with Crippen LogP contribution in [0.4, 0.5) is 4.39 Å². The van der Waals surface area contributed by atoms with Crippen LogP contribution in [0.3, 0.4) is 0 Å². The zero-order chi connectivity index (χ0) is 12.7. The van der Waals surface area contributed by atoms with E-state index in [1.807, 2.05) is 7.05 Å². The third kappa shape index (κ3) is 4.35. The van der Waals surface area contributed by atoms with Crippen LogP contribution in [0.1, 0.15) is 33.1 Å². The summed E-state index contributed by atoms with van der Waals surface area (Å²) in [7, 11) is 1.96. The van der Waals surface area contributed by atoms with Gasteiger partial charge in [0.2, 0.25) is 0 Å². The molecule has 0 aliphatic carbocycles. The van der Waals surface area contributed by atoms with Crippen LogP contribution in [-0.2, 0) is 0 Å². The molecule has 0 spiro atoms. The molecule has 3 heteroatoms. The van der Waals surface area contributed by atoms with Crippen molar-refractivity contribution in [2.75, 3.05) is 7.05 Å². The van der Waals surface area contributed by atoms with Crippen molar-refractivity contribution >= 4 is 0 Å². The van der Waals surface area contributed by atoms with Gasteiger partial charge in [0.1, 0.15) is 17.7 Å². The minimum atomic E-state index is -0.232. The van der Waals surface area contributed by atoms with E-state index in [9.17, 15) is 4.39 Å². The Morgan fingerprint density at radius 1 is 1.24 bits per heavy atom. The van der Waals surface area contributed by atoms with Crippen LogP contribution in [0.5, 0.6) is 5.75 Å². The predicted molar refractivity (Wildman–Crippen MR) is 68.9 cm³/mol. The molecule has 0 heterocycles. The molecule has 0 aliphatic rings. The highest BCUT2D eigenvalue weighted by Gasteiger charge is 2.19. The average molecular weight is 239 g/mol. The van der Waals surface area contributed by atoms with Gasteiger partial charge in [0, 0.05) is 6.04 Å². The number of nitrogens with one attached hydrogen (secondary N) is 1. The molecule has 2 atom stereocenters. The van der Waals surface area contributed by atoms with Crippen molar-refractivity contribution in [1.29, 1.82) is 0 Å². The zero-order valence-electron chi connectivity index (χ0n) is 10.9. The standard InChI is InChI=1S/C14H22FNO/c1-4-6-13(16-3)14(5-2)17-12-9-7-11(15)8-10-12/h7-10,13-14,16H,4-6H2,1-3H3. The fraction of sp³-hybridized carbons (Fsp3) is 0.571. The Balaban J connectivity index is 2.64. The minimum absolute atomic E-state index is 0.130. The summed E-state index contributed by atoms with van der Waals surface area (Å²) in [6.45, 7) is 4.27. The molecule has 1 N–H and O–H groups in total. The minimum Gasteiger partial charge on any atom is -0.489 e. The van der Waals surface area contributed by atoms with Crippen LogP contribution in [-0.4, -0.2) is 19.2 Å². The Morgan fingerprint density at radius 2 is 1.88 bits per heavy atom. The van der Waals surface area contributed by atoms with Gasteiger partial charge in [-0.2, -0.15) is 0 Å². The van der Waals surface area contributed by atoms with Gasteiger partial charge in [0.15, 0.2) is 0 Å². The van der Waals surface area contributed by atoms with Crippen LogP contribution in [0.25, 0.3) is 0 Å². The molecule has 0 fully saturated rings. The van der Waals surface area contributed by atoms with E-state index in [4.69, 9.17) is 4.74 Å². The van der Waals surface area contributed by atoms with Crippen molar-refractivity contribution in [2.24, 2.45) is 0 Å². The number of halogens is 1. The molecule has 2 nitrogen and oxygen atoms in total. The van der Waals surface area contributed by atoms with E-state index in [1.165, 1.54) is 12.1 Å². The molecule has 17 heavy (non-hydrogen) atoms. The molecule has 96 valence electrons. The van der Waals surface area contributed by atoms with Crippen molar-refractivity contribution in [3.63, 3.8) is 0 Å². The van der Waals surface area contributed by atoms with Crippen molar-refractivity contribution < 1.29 is 9.13 Å². The van der Waals surface area contributed by atoms with Crippen LogP contribution < -0.4 is 10.1 Å². The van der Waals surface area contributed by atoms with Crippen molar-refractivity contribution in [1.82, 2.24) is 5.32 Å². The smallest absolute Gasteiger partial charge is 0.123 e. The number of ether oxygens (including phenoxy) is 1. The second-order valence-corrected chi connectivity index (χ2v) is 4.20. The van der Waals surface area contributed by atoms with Gasteiger partial charge in [-0.25, -0.2) is 4.39 Å². The Bertz CT molecular complexity index is 313. The van der Waals surface area contributed by atoms with Gasteiger partial charge in [-0.3, -0.25) is 0 Å². The predicted octanol–water partition coefficient (Wildman–Crippen LogP) is 3.37. The number of hydrogen-bond donors (Lipinski definition) is 1. The van der Waals surface area contributed by atoms with Crippen molar-refractivity contribution in [2.45, 2.75) is 45.3 Å². The summed E-state index contributed by atoms with van der Waals surface area (Å²) >= 11 is 0. The van der Waals surface area contributed by atoms with Crippen LogP contribution >= 0.6 is 0 Å². The molecule has 1 aromatic rings. The van der Waals surface area contributed by atoms with Gasteiger partial charge in [0.25, 0.3) is 0 Å². The van der Waals surface area contributed by atoms with Crippen LogP contribution in [0, 0.1) is 5.82 Å². The van der Waals surface area contributed by atoms with Gasteiger partial charge in [0.05, 0.1) is 0 Å². The topological polar surface area (TPSA) is 21.3 Å². The molecule has 0 saturated carbocycles. The summed E-state index contributed by atoms with van der Waals surface area (Å²) in [5.41, 5.74) is 0. The van der Waals surface area contributed by atoms with E-state index in [2.05, 4.69) is 19.2 Å². The number of benzene rings is 1. The maximum Gasteiger partial charge on any atom is 0.123 e. The average Bonchev–Trinajstić information content (AvgIpc) is 2.36. The van der Waals surface area contributed by atoms with E-state index in [-0.39, 0.29) is 11.9 Å². The molecule has 0 bridgehead atoms. The lowest BCUT2D eigenvalue weighted by molar-refractivity contribution is 0.146. The lowest BCUT2D eigenvalue weighted by Gasteiger charge is -2.26. The highest BCUT2D eigenvalue weighted by atomic mass is 19.1. The first-order chi connectivity index (χ1) is 8.21. The highest BCUT2D eigenvalue weighted by Crippen LogP contribution is 2.17. The largest absolute Gasteiger partial charge is 0.489 e. The summed E-state index contributed by atoms with van der Waals surface area (Å²) < 4.78 is 18.7. The quantitative estimate of drug-likeness (QED) is 0.787. The number of likely N-dealkylation sites (N-methyl/N-ethyl adjacent to an activating group) is 1. The lowest BCUT2D eigenvalue weighted by Crippen LogP contribution is -2.40. The van der Waals surface area contributed by atoms with Gasteiger partial charge < -0.3 is 10.1 Å². The van der Waals surface area contributed by atoms with E-state index in [0.29, 0.717) is 6.04 Å². The fourth-order valence-electron chi connectivity index (χ4n) is 1.97. The molecular weight excluding hydrogens is 217 g/mol. The first-order valence-corrected chi connectivity index (χ1v) is 6.30. The second-order valence-electron chi connectivity index (χ2n) is 4.20. The zero-order valence-corrected chi connectivity index (χ0v) is 10.9. The first kappa shape index (κ1) is 14.0. The van der Waals surface area contributed by atoms with Gasteiger partial charge in [-0.1, -0.05) is 20.3 Å². The maximum atomic E-state index is 12.8. The molecule has 1 aromatic carbocycles. The van der Waals surface area contributed by atoms with Gasteiger partial charge in [-0.05, 0) is 44.2 Å². The molecule has 2 unspecified atom stereocenters. The maximum absolute atomic E-state index is 12.8. The first-order valence-electron chi connectivity index (χ1n) is 6.30. The summed E-state index contributed by atoms with van der Waals surface area (Å²) in [5, 5.41) is 3.29. The third-order valence-electron chi connectivity index (χ3n) is 2.92. The van der Waals surface area contributed by atoms with Crippen molar-refractivity contribution in [3.05, 3.63) is 30.1 Å². The molecule has 0 amide bonds. The Hall–Kier alpha value is -1.09. The summed E-state index contributed by atoms with van der Waals surface area (Å²) in [6, 6.07) is 6.55. The van der Waals surface area contributed by atoms with E-state index in [1.54, 1.807) is 12.1 Å². The summed E-state index contributed by atoms with van der Waals surface area (Å²) in [5.74, 6) is 0.499. The number of rotatable bonds is 7. The highest BCUT2D eigenvalue weighted by molar-refractivity contribution is 5.22. The summed E-state index contributed by atoms with van der Waals surface area (Å²) in [6.07, 6.45) is 3.26. The Labute approximate surface area is 103 Å². The third-order valence-corrected chi connectivity index (χ3v) is 2.92. The second kappa shape index (κ2) is 7.28. The van der Waals surface area contributed by atoms with E-state index in [0.717, 1.165) is 25.0 Å². The molecular formula is C14H22FNO. The molecule has 0 radical (unpaired) electrons. The monoisotopic (exact) mass is 239 g/mol. The molecule has 1 rings (SSSR count). The molecule has 0 aromatic heterocycles. The fourth-order valence-corrected chi connectivity index (χ4v) is 1.97. The summed E-state index contributed by atoms with van der Waals surface area (Å²) in [4.78, 5) is 0. The lowest BCUT2D eigenvalue weighted by atomic mass is 10.0. The van der Waals surface area contributed by atoms with Gasteiger partial charge in [-0.15, -0.1) is 0 Å². The SMILES string of the molecule is CCCC(NC)C(CC)Oc1ccc(F)cc1. The van der Waals surface area contributed by atoms with Crippen LogP contribution in [0.2, 0.25) is 0 Å². The van der Waals surface area contributed by atoms with Gasteiger partial charge >= 0.3 is 0 Å². The Morgan fingerprint density at radius 3 is 2.35 bits per heavy atom. The van der Waals surface area contributed by atoms with Crippen molar-refractivity contribution in [3.8, 4) is 5.75 Å². The normalized spacial score (nSPS) is 14.4. The Kier molecular flexibility index (Phi) is 5.98. The van der Waals surface area contributed by atoms with Crippen LogP contribution in [0.15, 0.2) is 24.3 Å². The number of hydrogen-bond acceptors (Lipinski definition) is 2.